The first-order valence-corrected chi connectivity index (χ1v) is 11.7. The quantitative estimate of drug-likeness (QED) is 0.523. The highest BCUT2D eigenvalue weighted by atomic mass is 35.5. The van der Waals surface area contributed by atoms with Gasteiger partial charge in [0.2, 0.25) is 0 Å². The van der Waals surface area contributed by atoms with Gasteiger partial charge in [0, 0.05) is 35.6 Å². The Morgan fingerprint density at radius 1 is 1.19 bits per heavy atom. The van der Waals surface area contributed by atoms with Crippen molar-refractivity contribution in [2.75, 3.05) is 4.72 Å². The molecule has 2 aromatic carbocycles. The highest BCUT2D eigenvalue weighted by Gasteiger charge is 2.30. The zero-order valence-corrected chi connectivity index (χ0v) is 18.5. The maximum atomic E-state index is 13.8. The van der Waals surface area contributed by atoms with Crippen LogP contribution < -0.4 is 14.8 Å². The number of anilines is 1. The minimum Gasteiger partial charge on any atom is -0.348 e. The average molecular weight is 497 g/mol. The van der Waals surface area contributed by atoms with Gasteiger partial charge >= 0.3 is 0 Å². The van der Waals surface area contributed by atoms with Crippen LogP contribution in [0.4, 0.5) is 14.5 Å². The summed E-state index contributed by atoms with van der Waals surface area (Å²) in [6.45, 7) is -0.222. The van der Waals surface area contributed by atoms with Crippen LogP contribution in [-0.2, 0) is 16.6 Å². The first kappa shape index (κ1) is 22.2. The molecule has 4 rings (SSSR count). The fourth-order valence-corrected chi connectivity index (χ4v) is 5.14. The summed E-state index contributed by atoms with van der Waals surface area (Å²) in [5, 5.41) is 2.71. The molecule has 1 amide bonds. The lowest BCUT2D eigenvalue weighted by Gasteiger charge is -2.21. The molecule has 0 saturated heterocycles. The normalized spacial score (nSPS) is 14.9. The van der Waals surface area contributed by atoms with E-state index >= 15 is 0 Å². The van der Waals surface area contributed by atoms with Crippen LogP contribution in [0.15, 0.2) is 71.6 Å². The summed E-state index contributed by atoms with van der Waals surface area (Å²) < 4.78 is 59.9. The Hall–Kier alpha value is -3.02. The average Bonchev–Trinajstić information content (AvgIpc) is 3.21. The van der Waals surface area contributed by atoms with Gasteiger partial charge in [0.1, 0.15) is 16.5 Å². The molecule has 12 heteroatoms. The summed E-state index contributed by atoms with van der Waals surface area (Å²) >= 11 is 7.22. The molecule has 3 N–H and O–H groups in total. The summed E-state index contributed by atoms with van der Waals surface area (Å²) in [5.41, 5.74) is 0.436. The number of carbonyl (C=O) groups excluding carboxylic acids is 1. The van der Waals surface area contributed by atoms with E-state index in [-0.39, 0.29) is 33.3 Å². The van der Waals surface area contributed by atoms with Gasteiger partial charge in [-0.1, -0.05) is 17.7 Å². The SMILES string of the molecule is O=C(NCc1ccc(F)cc1F)c1ccc(Cl)cc1NS(=O)(=O)C1=CC=CN2SNC=C12. The van der Waals surface area contributed by atoms with Gasteiger partial charge in [-0.2, -0.15) is 0 Å². The predicted octanol–water partition coefficient (Wildman–Crippen LogP) is 4.01. The molecular formula is C20H15ClF2N4O3S2. The highest BCUT2D eigenvalue weighted by Crippen LogP contribution is 2.34. The van der Waals surface area contributed by atoms with Crippen molar-refractivity contribution in [1.82, 2.24) is 14.3 Å². The van der Waals surface area contributed by atoms with Crippen molar-refractivity contribution < 1.29 is 22.0 Å². The van der Waals surface area contributed by atoms with Crippen LogP contribution in [0.2, 0.25) is 5.02 Å². The standard InChI is InChI=1S/C20H15ClF2N4O3S2/c21-13-4-6-15(20(28)24-10-12-3-5-14(22)9-16(12)23)17(8-13)26-32(29,30)19-2-1-7-27-18(19)11-25-31-27/h1-9,11,25-26H,10H2,(H,24,28). The van der Waals surface area contributed by atoms with Gasteiger partial charge < -0.3 is 10.0 Å². The molecule has 2 aliphatic heterocycles. The van der Waals surface area contributed by atoms with Crippen LogP contribution in [0.3, 0.4) is 0 Å². The Morgan fingerprint density at radius 2 is 2.00 bits per heavy atom. The van der Waals surface area contributed by atoms with Gasteiger partial charge in [0.15, 0.2) is 0 Å². The molecular weight excluding hydrogens is 482 g/mol. The summed E-state index contributed by atoms with van der Waals surface area (Å²) in [7, 11) is -4.09. The lowest BCUT2D eigenvalue weighted by molar-refractivity contribution is 0.0951. The molecule has 0 bridgehead atoms. The second kappa shape index (κ2) is 8.85. The maximum absolute atomic E-state index is 13.8. The fourth-order valence-electron chi connectivity index (χ4n) is 3.00. The number of benzene rings is 2. The van der Waals surface area contributed by atoms with Crippen molar-refractivity contribution in [3.8, 4) is 0 Å². The molecule has 2 aromatic rings. The topological polar surface area (TPSA) is 90.5 Å². The summed E-state index contributed by atoms with van der Waals surface area (Å²) in [6, 6.07) is 7.09. The molecule has 166 valence electrons. The van der Waals surface area contributed by atoms with E-state index in [1.54, 1.807) is 22.8 Å². The first-order chi connectivity index (χ1) is 15.2. The minimum absolute atomic E-state index is 0.00258. The van der Waals surface area contributed by atoms with Crippen molar-refractivity contribution in [3.63, 3.8) is 0 Å². The molecule has 7 nitrogen and oxygen atoms in total. The van der Waals surface area contributed by atoms with Crippen LogP contribution in [-0.4, -0.2) is 18.6 Å². The Kier molecular flexibility index (Phi) is 6.13. The van der Waals surface area contributed by atoms with E-state index in [2.05, 4.69) is 14.8 Å². The zero-order valence-electron chi connectivity index (χ0n) is 16.1. The molecule has 0 saturated carbocycles. The van der Waals surface area contributed by atoms with Crippen LogP contribution in [0, 0.1) is 11.6 Å². The second-order valence-corrected chi connectivity index (χ2v) is 9.55. The number of fused-ring (bicyclic) bond motifs is 1. The van der Waals surface area contributed by atoms with Gasteiger partial charge in [-0.25, -0.2) is 17.2 Å². The fraction of sp³-hybridized carbons (Fsp3) is 0.0500. The van der Waals surface area contributed by atoms with Crippen LogP contribution in [0.25, 0.3) is 0 Å². The minimum atomic E-state index is -4.09. The molecule has 0 aromatic heterocycles. The molecule has 2 aliphatic rings. The third kappa shape index (κ3) is 4.59. The largest absolute Gasteiger partial charge is 0.348 e. The second-order valence-electron chi connectivity index (χ2n) is 6.65. The molecule has 0 fully saturated rings. The van der Waals surface area contributed by atoms with Gasteiger partial charge in [-0.15, -0.1) is 0 Å². The van der Waals surface area contributed by atoms with E-state index in [0.717, 1.165) is 6.07 Å². The molecule has 32 heavy (non-hydrogen) atoms. The maximum Gasteiger partial charge on any atom is 0.264 e. The van der Waals surface area contributed by atoms with Crippen LogP contribution in [0.1, 0.15) is 15.9 Å². The molecule has 0 radical (unpaired) electrons. The number of carbonyl (C=O) groups is 1. The van der Waals surface area contributed by atoms with Crippen LogP contribution in [0.5, 0.6) is 0 Å². The number of allylic oxidation sites excluding steroid dienone is 2. The van der Waals surface area contributed by atoms with Crippen molar-refractivity contribution in [3.05, 3.63) is 99.3 Å². The molecule has 0 spiro atoms. The summed E-state index contributed by atoms with van der Waals surface area (Å²) in [6.07, 6.45) is 6.25. The third-order valence-corrected chi connectivity index (χ3v) is 6.91. The number of sulfonamides is 1. The molecule has 0 aliphatic carbocycles. The Balaban J connectivity index is 1.57. The van der Waals surface area contributed by atoms with Gasteiger partial charge in [0.05, 0.1) is 29.1 Å². The number of hydrogen-bond donors (Lipinski definition) is 3. The Bertz CT molecular complexity index is 1300. The Labute approximate surface area is 192 Å². The van der Waals surface area contributed by atoms with E-state index in [9.17, 15) is 22.0 Å². The van der Waals surface area contributed by atoms with Gasteiger partial charge in [-0.3, -0.25) is 13.8 Å². The van der Waals surface area contributed by atoms with E-state index in [1.807, 2.05) is 0 Å². The number of rotatable bonds is 6. The summed E-state index contributed by atoms with van der Waals surface area (Å²) in [5.74, 6) is -2.21. The van der Waals surface area contributed by atoms with Crippen molar-refractivity contribution in [1.29, 1.82) is 0 Å². The van der Waals surface area contributed by atoms with Crippen molar-refractivity contribution >= 4 is 45.4 Å². The number of nitrogens with zero attached hydrogens (tertiary/aromatic N) is 1. The molecule has 0 unspecified atom stereocenters. The van der Waals surface area contributed by atoms with E-state index in [0.29, 0.717) is 11.8 Å². The predicted molar refractivity (Wildman–Crippen MR) is 119 cm³/mol. The lowest BCUT2D eigenvalue weighted by Crippen LogP contribution is -2.26. The number of amides is 1. The van der Waals surface area contributed by atoms with E-state index in [1.165, 1.54) is 42.5 Å². The number of hydrogen-bond acceptors (Lipinski definition) is 6. The molecule has 0 atom stereocenters. The smallest absolute Gasteiger partial charge is 0.264 e. The van der Waals surface area contributed by atoms with Crippen molar-refractivity contribution in [2.24, 2.45) is 0 Å². The molecule has 2 heterocycles. The van der Waals surface area contributed by atoms with Gasteiger partial charge in [0.25, 0.3) is 15.9 Å². The van der Waals surface area contributed by atoms with E-state index < -0.39 is 27.6 Å². The highest BCUT2D eigenvalue weighted by molar-refractivity contribution is 7.97. The van der Waals surface area contributed by atoms with Gasteiger partial charge in [-0.05, 0) is 36.4 Å². The number of nitrogens with one attached hydrogen (secondary N) is 3. The number of halogens is 3. The Morgan fingerprint density at radius 3 is 2.78 bits per heavy atom. The zero-order chi connectivity index (χ0) is 22.9. The van der Waals surface area contributed by atoms with Crippen molar-refractivity contribution in [2.45, 2.75) is 6.54 Å². The first-order valence-electron chi connectivity index (χ1n) is 9.10. The lowest BCUT2D eigenvalue weighted by atomic mass is 10.1. The summed E-state index contributed by atoms with van der Waals surface area (Å²) in [4.78, 5) is 12.7. The third-order valence-electron chi connectivity index (χ3n) is 4.52. The van der Waals surface area contributed by atoms with Crippen LogP contribution >= 0.6 is 23.7 Å². The monoisotopic (exact) mass is 496 g/mol. The van der Waals surface area contributed by atoms with E-state index in [4.69, 9.17) is 11.6 Å².